The van der Waals surface area contributed by atoms with Crippen LogP contribution in [-0.2, 0) is 0 Å². The van der Waals surface area contributed by atoms with Crippen molar-refractivity contribution in [1.82, 2.24) is 0 Å². The number of hydrogen-bond donors (Lipinski definition) is 2. The Morgan fingerprint density at radius 1 is 0.618 bits per heavy atom. The van der Waals surface area contributed by atoms with E-state index in [0.29, 0.717) is 0 Å². The van der Waals surface area contributed by atoms with Crippen LogP contribution in [0.25, 0.3) is 11.1 Å². The van der Waals surface area contributed by atoms with Crippen LogP contribution in [0, 0.1) is 11.8 Å². The largest absolute Gasteiger partial charge is 0.382 e. The predicted octanol–water partition coefficient (Wildman–Crippen LogP) is 5.17. The summed E-state index contributed by atoms with van der Waals surface area (Å²) in [5.41, 5.74) is 4.30. The topological polar surface area (TPSA) is 40.5 Å². The minimum atomic E-state index is -0.424. The highest BCUT2D eigenvalue weighted by Gasteiger charge is 2.32. The molecule has 34 heavy (non-hydrogen) atoms. The number of quaternary nitrogens is 2. The highest BCUT2D eigenvalue weighted by atomic mass is 16.3. The zero-order valence-corrected chi connectivity index (χ0v) is 21.8. The van der Waals surface area contributed by atoms with Crippen molar-refractivity contribution in [2.24, 2.45) is 11.8 Å². The van der Waals surface area contributed by atoms with Crippen molar-refractivity contribution < 1.29 is 19.2 Å². The average Bonchev–Trinajstić information content (AvgIpc) is 2.83. The monoisotopic (exact) mass is 466 g/mol. The molecule has 2 aromatic carbocycles. The second kappa shape index (κ2) is 10.5. The molecule has 186 valence electrons. The van der Waals surface area contributed by atoms with Crippen LogP contribution in [0.2, 0.25) is 0 Å². The van der Waals surface area contributed by atoms with Gasteiger partial charge in [-0.25, -0.2) is 0 Å². The molecule has 4 rings (SSSR count). The molecule has 0 amide bonds. The van der Waals surface area contributed by atoms with Crippen LogP contribution >= 0.6 is 0 Å². The molecule has 0 aliphatic carbocycles. The van der Waals surface area contributed by atoms with Crippen molar-refractivity contribution in [2.75, 3.05) is 53.4 Å². The first-order valence-corrected chi connectivity index (χ1v) is 13.4. The fourth-order valence-corrected chi connectivity index (χ4v) is 5.85. The van der Waals surface area contributed by atoms with E-state index in [1.807, 2.05) is 0 Å². The molecule has 2 unspecified atom stereocenters. The minimum absolute atomic E-state index is 0.424. The Morgan fingerprint density at radius 3 is 1.21 bits per heavy atom. The van der Waals surface area contributed by atoms with Crippen molar-refractivity contribution >= 4 is 0 Å². The number of aliphatic hydroxyl groups is 2. The fourth-order valence-electron chi connectivity index (χ4n) is 5.85. The number of benzene rings is 2. The lowest BCUT2D eigenvalue weighted by molar-refractivity contribution is -0.918. The zero-order chi connectivity index (χ0) is 24.3. The molecule has 2 fully saturated rings. The molecule has 0 saturated carbocycles. The van der Waals surface area contributed by atoms with E-state index in [2.05, 4.69) is 76.5 Å². The Morgan fingerprint density at radius 2 is 0.912 bits per heavy atom. The van der Waals surface area contributed by atoms with Crippen LogP contribution in [0.5, 0.6) is 0 Å². The van der Waals surface area contributed by atoms with Gasteiger partial charge in [-0.3, -0.25) is 0 Å². The predicted molar refractivity (Wildman–Crippen MR) is 140 cm³/mol. The van der Waals surface area contributed by atoms with Gasteiger partial charge in [0.05, 0.1) is 40.3 Å². The van der Waals surface area contributed by atoms with E-state index in [0.717, 1.165) is 82.3 Å². The van der Waals surface area contributed by atoms with Gasteiger partial charge in [-0.15, -0.1) is 0 Å². The molecule has 2 heterocycles. The maximum atomic E-state index is 10.9. The number of nitrogens with zero attached hydrogens (tertiary/aromatic N) is 2. The van der Waals surface area contributed by atoms with E-state index in [9.17, 15) is 10.2 Å². The second-order valence-electron chi connectivity index (χ2n) is 12.1. The van der Waals surface area contributed by atoms with Crippen molar-refractivity contribution in [2.45, 2.75) is 51.7 Å². The van der Waals surface area contributed by atoms with Crippen molar-refractivity contribution in [3.05, 3.63) is 59.7 Å². The smallest absolute Gasteiger partial charge is 0.128 e. The van der Waals surface area contributed by atoms with Crippen molar-refractivity contribution in [3.63, 3.8) is 0 Å². The van der Waals surface area contributed by atoms with E-state index in [1.54, 1.807) is 0 Å². The summed E-state index contributed by atoms with van der Waals surface area (Å²) < 4.78 is 1.93. The lowest BCUT2D eigenvalue weighted by Crippen LogP contribution is -2.51. The minimum Gasteiger partial charge on any atom is -0.382 e. The SMILES string of the molecule is CC1CC[N+](C)(CC(O)c2ccc(-c3ccc(C(O)C[N+]4(C)CCC(C)CC4)cc3)cc2)CC1. The summed E-state index contributed by atoms with van der Waals surface area (Å²) in [4.78, 5) is 0. The maximum absolute atomic E-state index is 10.9. The molecule has 2 aromatic rings. The summed E-state index contributed by atoms with van der Waals surface area (Å²) in [6.45, 7) is 10.9. The molecule has 0 radical (unpaired) electrons. The van der Waals surface area contributed by atoms with Gasteiger partial charge in [0.15, 0.2) is 0 Å². The fraction of sp³-hybridized carbons (Fsp3) is 0.600. The van der Waals surface area contributed by atoms with Crippen molar-refractivity contribution in [3.8, 4) is 11.1 Å². The Kier molecular flexibility index (Phi) is 7.83. The summed E-state index contributed by atoms with van der Waals surface area (Å²) in [6, 6.07) is 16.8. The molecule has 2 saturated heterocycles. The lowest BCUT2D eigenvalue weighted by Gasteiger charge is -2.41. The lowest BCUT2D eigenvalue weighted by atomic mass is 9.95. The summed E-state index contributed by atoms with van der Waals surface area (Å²) in [5, 5.41) is 21.8. The number of likely N-dealkylation sites (N-methyl/N-ethyl adjacent to an activating group) is 2. The second-order valence-corrected chi connectivity index (χ2v) is 12.1. The van der Waals surface area contributed by atoms with Crippen molar-refractivity contribution in [1.29, 1.82) is 0 Å². The summed E-state index contributed by atoms with van der Waals surface area (Å²) >= 11 is 0. The highest BCUT2D eigenvalue weighted by molar-refractivity contribution is 5.64. The molecule has 2 aliphatic heterocycles. The molecule has 4 heteroatoms. The van der Waals surface area contributed by atoms with Gasteiger partial charge in [-0.1, -0.05) is 62.4 Å². The third-order valence-corrected chi connectivity index (χ3v) is 8.80. The molecule has 2 N–H and O–H groups in total. The van der Waals surface area contributed by atoms with Gasteiger partial charge in [0.25, 0.3) is 0 Å². The summed E-state index contributed by atoms with van der Waals surface area (Å²) in [5.74, 6) is 1.63. The Labute approximate surface area is 207 Å². The summed E-state index contributed by atoms with van der Waals surface area (Å²) in [7, 11) is 4.57. The van der Waals surface area contributed by atoms with Gasteiger partial charge in [0.1, 0.15) is 25.3 Å². The van der Waals surface area contributed by atoms with E-state index in [4.69, 9.17) is 0 Å². The number of likely N-dealkylation sites (tertiary alicyclic amines) is 2. The number of piperidine rings is 2. The molecule has 2 aliphatic rings. The van der Waals surface area contributed by atoms with E-state index >= 15 is 0 Å². The molecule has 4 nitrogen and oxygen atoms in total. The van der Waals surface area contributed by atoms with Gasteiger partial charge >= 0.3 is 0 Å². The van der Waals surface area contributed by atoms with Gasteiger partial charge in [0, 0.05) is 0 Å². The van der Waals surface area contributed by atoms with Crippen LogP contribution in [-0.4, -0.2) is 72.5 Å². The molecule has 0 aromatic heterocycles. The zero-order valence-electron chi connectivity index (χ0n) is 21.8. The molecule has 2 atom stereocenters. The quantitative estimate of drug-likeness (QED) is 0.553. The van der Waals surface area contributed by atoms with Gasteiger partial charge in [-0.2, -0.15) is 0 Å². The summed E-state index contributed by atoms with van der Waals surface area (Å²) in [6.07, 6.45) is 4.17. The van der Waals surface area contributed by atoms with E-state index < -0.39 is 12.2 Å². The Balaban J connectivity index is 1.35. The van der Waals surface area contributed by atoms with Gasteiger partial charge < -0.3 is 19.2 Å². The standard InChI is InChI=1S/C30H46N2O2/c1-23-13-17-31(3,18-14-23)21-29(33)27-9-5-25(6-10-27)26-7-11-28(12-8-26)30(34)22-32(4)19-15-24(2)16-20-32/h5-12,23-24,29-30,33-34H,13-22H2,1-4H3/q+2. The van der Waals surface area contributed by atoms with Crippen LogP contribution in [0.3, 0.4) is 0 Å². The molecule has 0 bridgehead atoms. The molecule has 0 spiro atoms. The molecular formula is C30H46N2O2+2. The first-order chi connectivity index (χ1) is 16.1. The van der Waals surface area contributed by atoms with Crippen LogP contribution in [0.15, 0.2) is 48.5 Å². The van der Waals surface area contributed by atoms with Crippen LogP contribution in [0.1, 0.15) is 62.9 Å². The Bertz CT molecular complexity index is 830. The first kappa shape index (κ1) is 25.4. The Hall–Kier alpha value is -1.72. The third-order valence-electron chi connectivity index (χ3n) is 8.80. The third kappa shape index (κ3) is 6.28. The van der Waals surface area contributed by atoms with E-state index in [-0.39, 0.29) is 0 Å². The van der Waals surface area contributed by atoms with Gasteiger partial charge in [-0.05, 0) is 59.8 Å². The van der Waals surface area contributed by atoms with E-state index in [1.165, 1.54) is 25.7 Å². The number of aliphatic hydroxyl groups excluding tert-OH is 2. The highest BCUT2D eigenvalue weighted by Crippen LogP contribution is 2.29. The first-order valence-electron chi connectivity index (χ1n) is 13.4. The molecular weight excluding hydrogens is 420 g/mol. The normalized spacial score (nSPS) is 31.7. The van der Waals surface area contributed by atoms with Crippen LogP contribution in [0.4, 0.5) is 0 Å². The number of rotatable bonds is 7. The van der Waals surface area contributed by atoms with Gasteiger partial charge in [0.2, 0.25) is 0 Å². The average molecular weight is 467 g/mol. The van der Waals surface area contributed by atoms with Crippen LogP contribution < -0.4 is 0 Å². The maximum Gasteiger partial charge on any atom is 0.128 e. The number of hydrogen-bond acceptors (Lipinski definition) is 2.